The number of hydrogen-bond donors (Lipinski definition) is 2. The molecule has 1 aliphatic rings. The third-order valence-corrected chi connectivity index (χ3v) is 3.54. The third kappa shape index (κ3) is 3.60. The first kappa shape index (κ1) is 14.6. The predicted octanol–water partition coefficient (Wildman–Crippen LogP) is 0.739. The Hall–Kier alpha value is -1.83. The molecule has 0 spiro atoms. The Balaban J connectivity index is 2.12. The van der Waals surface area contributed by atoms with Crippen LogP contribution in [0.5, 0.6) is 0 Å². The molecule has 4 nitrogen and oxygen atoms in total. The lowest BCUT2D eigenvalue weighted by Crippen LogP contribution is -2.36. The van der Waals surface area contributed by atoms with Crippen LogP contribution in [0.1, 0.15) is 27.9 Å². The van der Waals surface area contributed by atoms with Gasteiger partial charge < -0.3 is 16.0 Å². The summed E-state index contributed by atoms with van der Waals surface area (Å²) in [5, 5.41) is 3.10. The van der Waals surface area contributed by atoms with Gasteiger partial charge in [0.2, 0.25) is 0 Å². The van der Waals surface area contributed by atoms with Gasteiger partial charge >= 0.3 is 0 Å². The maximum Gasteiger partial charge on any atom is 0.251 e. The summed E-state index contributed by atoms with van der Waals surface area (Å²) >= 11 is 0. The summed E-state index contributed by atoms with van der Waals surface area (Å²) in [5.74, 6) is 5.76. The lowest BCUT2D eigenvalue weighted by atomic mass is 10.0. The summed E-state index contributed by atoms with van der Waals surface area (Å²) in [6.07, 6.45) is 1.01. The molecule has 1 fully saturated rings. The molecule has 0 bridgehead atoms. The van der Waals surface area contributed by atoms with Crippen molar-refractivity contribution in [3.63, 3.8) is 0 Å². The van der Waals surface area contributed by atoms with Crippen LogP contribution in [0.3, 0.4) is 0 Å². The van der Waals surface area contributed by atoms with E-state index < -0.39 is 0 Å². The van der Waals surface area contributed by atoms with Crippen molar-refractivity contribution in [2.45, 2.75) is 19.4 Å². The molecule has 1 atom stereocenters. The fourth-order valence-electron chi connectivity index (χ4n) is 2.41. The third-order valence-electron chi connectivity index (χ3n) is 3.54. The number of carbonyl (C=O) groups excluding carboxylic acids is 1. The van der Waals surface area contributed by atoms with Crippen molar-refractivity contribution < 1.29 is 4.79 Å². The first-order valence-corrected chi connectivity index (χ1v) is 6.89. The van der Waals surface area contributed by atoms with E-state index in [9.17, 15) is 4.79 Å². The Morgan fingerprint density at radius 1 is 1.55 bits per heavy atom. The highest BCUT2D eigenvalue weighted by molar-refractivity contribution is 5.96. The largest absolute Gasteiger partial charge is 0.348 e. The molecule has 0 saturated carbocycles. The van der Waals surface area contributed by atoms with Crippen molar-refractivity contribution in [1.29, 1.82) is 0 Å². The molecule has 1 saturated heterocycles. The van der Waals surface area contributed by atoms with E-state index in [1.54, 1.807) is 0 Å². The Kier molecular flexibility index (Phi) is 4.78. The minimum absolute atomic E-state index is 0.0146. The Labute approximate surface area is 120 Å². The monoisotopic (exact) mass is 271 g/mol. The number of rotatable bonds is 2. The zero-order valence-corrected chi connectivity index (χ0v) is 12.1. The molecule has 1 amide bonds. The molecule has 3 N–H and O–H groups in total. The van der Waals surface area contributed by atoms with Gasteiger partial charge in [-0.15, -0.1) is 0 Å². The normalized spacial score (nSPS) is 18.4. The predicted molar refractivity (Wildman–Crippen MR) is 80.5 cm³/mol. The molecular formula is C16H21N3O. The van der Waals surface area contributed by atoms with Crippen molar-refractivity contribution in [3.05, 3.63) is 34.9 Å². The lowest BCUT2D eigenvalue weighted by molar-refractivity contribution is 0.0938. The molecule has 0 radical (unpaired) electrons. The number of hydrogen-bond acceptors (Lipinski definition) is 3. The molecule has 1 aromatic rings. The Bertz CT molecular complexity index is 557. The molecule has 4 heteroatoms. The van der Waals surface area contributed by atoms with E-state index in [0.717, 1.165) is 30.6 Å². The molecule has 2 rings (SSSR count). The van der Waals surface area contributed by atoms with Crippen LogP contribution in [0, 0.1) is 18.8 Å². The van der Waals surface area contributed by atoms with Crippen molar-refractivity contribution in [2.24, 2.45) is 5.73 Å². The van der Waals surface area contributed by atoms with Crippen LogP contribution < -0.4 is 11.1 Å². The fraction of sp³-hybridized carbons (Fsp3) is 0.438. The highest BCUT2D eigenvalue weighted by atomic mass is 16.1. The quantitative estimate of drug-likeness (QED) is 0.780. The summed E-state index contributed by atoms with van der Waals surface area (Å²) in [6.45, 7) is 4.21. The Morgan fingerprint density at radius 3 is 3.00 bits per heavy atom. The van der Waals surface area contributed by atoms with E-state index in [-0.39, 0.29) is 11.9 Å². The van der Waals surface area contributed by atoms with Gasteiger partial charge in [-0.05, 0) is 44.6 Å². The summed E-state index contributed by atoms with van der Waals surface area (Å²) in [4.78, 5) is 14.6. The van der Waals surface area contributed by atoms with Crippen LogP contribution >= 0.6 is 0 Å². The van der Waals surface area contributed by atoms with E-state index in [2.05, 4.69) is 29.1 Å². The number of aryl methyl sites for hydroxylation is 1. The molecule has 106 valence electrons. The van der Waals surface area contributed by atoms with Gasteiger partial charge in [0.1, 0.15) is 0 Å². The molecule has 1 aliphatic heterocycles. The van der Waals surface area contributed by atoms with Gasteiger partial charge in [0.25, 0.3) is 5.91 Å². The van der Waals surface area contributed by atoms with E-state index in [0.29, 0.717) is 12.1 Å². The second-order valence-corrected chi connectivity index (χ2v) is 5.26. The highest BCUT2D eigenvalue weighted by Gasteiger charge is 2.22. The van der Waals surface area contributed by atoms with Crippen molar-refractivity contribution >= 4 is 5.91 Å². The van der Waals surface area contributed by atoms with Crippen LogP contribution in [0.2, 0.25) is 0 Å². The maximum absolute atomic E-state index is 12.4. The van der Waals surface area contributed by atoms with Gasteiger partial charge in [0, 0.05) is 23.7 Å². The van der Waals surface area contributed by atoms with Gasteiger partial charge in [-0.25, -0.2) is 0 Å². The molecule has 0 aromatic heterocycles. The smallest absolute Gasteiger partial charge is 0.251 e. The van der Waals surface area contributed by atoms with Gasteiger partial charge in [0.15, 0.2) is 0 Å². The molecule has 0 aliphatic carbocycles. The van der Waals surface area contributed by atoms with Crippen LogP contribution in [0.25, 0.3) is 0 Å². The average molecular weight is 271 g/mol. The standard InChI is InChI=1S/C16H21N3O/c1-12-5-6-13(4-3-8-17)10-15(12)16(20)18-14-7-9-19(2)11-14/h5-6,10,14H,7-9,11,17H2,1-2H3,(H,18,20). The van der Waals surface area contributed by atoms with E-state index in [1.807, 2.05) is 25.1 Å². The van der Waals surface area contributed by atoms with Crippen LogP contribution in [-0.2, 0) is 0 Å². The molecule has 1 unspecified atom stereocenters. The molecule has 20 heavy (non-hydrogen) atoms. The SMILES string of the molecule is Cc1ccc(C#CCN)cc1C(=O)NC1CCN(C)C1. The number of likely N-dealkylation sites (N-methyl/N-ethyl adjacent to an activating group) is 1. The molecule has 1 aromatic carbocycles. The van der Waals surface area contributed by atoms with Gasteiger partial charge in [-0.3, -0.25) is 4.79 Å². The summed E-state index contributed by atoms with van der Waals surface area (Å²) in [7, 11) is 2.07. The maximum atomic E-state index is 12.4. The lowest BCUT2D eigenvalue weighted by Gasteiger charge is -2.14. The molecular weight excluding hydrogens is 250 g/mol. The summed E-state index contributed by atoms with van der Waals surface area (Å²) < 4.78 is 0. The fourth-order valence-corrected chi connectivity index (χ4v) is 2.41. The van der Waals surface area contributed by atoms with Gasteiger partial charge in [-0.1, -0.05) is 17.9 Å². The number of nitrogens with two attached hydrogens (primary N) is 1. The number of nitrogens with zero attached hydrogens (tertiary/aromatic N) is 1. The Morgan fingerprint density at radius 2 is 2.35 bits per heavy atom. The second kappa shape index (κ2) is 6.56. The van der Waals surface area contributed by atoms with Crippen molar-refractivity contribution in [2.75, 3.05) is 26.7 Å². The van der Waals surface area contributed by atoms with Crippen molar-refractivity contribution in [3.8, 4) is 11.8 Å². The number of benzene rings is 1. The van der Waals surface area contributed by atoms with Crippen molar-refractivity contribution in [1.82, 2.24) is 10.2 Å². The van der Waals surface area contributed by atoms with Gasteiger partial charge in [0.05, 0.1) is 6.54 Å². The first-order chi connectivity index (χ1) is 9.60. The number of nitrogens with one attached hydrogen (secondary N) is 1. The zero-order chi connectivity index (χ0) is 14.5. The van der Waals surface area contributed by atoms with E-state index in [1.165, 1.54) is 0 Å². The number of carbonyl (C=O) groups is 1. The van der Waals surface area contributed by atoms with E-state index >= 15 is 0 Å². The van der Waals surface area contributed by atoms with Crippen LogP contribution in [0.15, 0.2) is 18.2 Å². The van der Waals surface area contributed by atoms with Crippen LogP contribution in [-0.4, -0.2) is 43.5 Å². The summed E-state index contributed by atoms with van der Waals surface area (Å²) in [6, 6.07) is 5.92. The minimum Gasteiger partial charge on any atom is -0.348 e. The number of likely N-dealkylation sites (tertiary alicyclic amines) is 1. The van der Waals surface area contributed by atoms with E-state index in [4.69, 9.17) is 5.73 Å². The second-order valence-electron chi connectivity index (χ2n) is 5.26. The highest BCUT2D eigenvalue weighted by Crippen LogP contribution is 2.13. The topological polar surface area (TPSA) is 58.4 Å². The average Bonchev–Trinajstić information content (AvgIpc) is 2.83. The van der Waals surface area contributed by atoms with Gasteiger partial charge in [-0.2, -0.15) is 0 Å². The van der Waals surface area contributed by atoms with Crippen LogP contribution in [0.4, 0.5) is 0 Å². The minimum atomic E-state index is -0.0146. The number of amides is 1. The molecule has 1 heterocycles. The zero-order valence-electron chi connectivity index (χ0n) is 12.1. The first-order valence-electron chi connectivity index (χ1n) is 6.89. The summed E-state index contributed by atoms with van der Waals surface area (Å²) in [5.41, 5.74) is 7.86.